The first kappa shape index (κ1) is 14.0. The minimum Gasteiger partial charge on any atom is -0.381 e. The summed E-state index contributed by atoms with van der Waals surface area (Å²) in [7, 11) is 0. The molecular formula is C15H20FNO2. The Bertz CT molecular complexity index is 442. The molecule has 1 aliphatic heterocycles. The van der Waals surface area contributed by atoms with Crippen molar-refractivity contribution in [3.05, 3.63) is 35.6 Å². The van der Waals surface area contributed by atoms with Gasteiger partial charge in [-0.2, -0.15) is 0 Å². The van der Waals surface area contributed by atoms with Crippen LogP contribution in [0.3, 0.4) is 0 Å². The number of nitrogens with zero attached hydrogens (tertiary/aromatic N) is 1. The second-order valence-electron chi connectivity index (χ2n) is 5.16. The van der Waals surface area contributed by atoms with E-state index in [1.807, 2.05) is 18.7 Å². The van der Waals surface area contributed by atoms with Crippen LogP contribution in [0, 0.1) is 5.82 Å². The molecule has 1 amide bonds. The fourth-order valence-electron chi connectivity index (χ4n) is 2.56. The van der Waals surface area contributed by atoms with Gasteiger partial charge in [0.1, 0.15) is 5.82 Å². The molecule has 19 heavy (non-hydrogen) atoms. The summed E-state index contributed by atoms with van der Waals surface area (Å²) < 4.78 is 18.6. The topological polar surface area (TPSA) is 29.5 Å². The summed E-state index contributed by atoms with van der Waals surface area (Å²) in [6, 6.07) is 6.18. The molecule has 1 heterocycles. The van der Waals surface area contributed by atoms with Crippen molar-refractivity contribution in [1.82, 2.24) is 4.90 Å². The van der Waals surface area contributed by atoms with Crippen molar-refractivity contribution in [2.45, 2.75) is 38.8 Å². The molecule has 2 rings (SSSR count). The van der Waals surface area contributed by atoms with Crippen molar-refractivity contribution in [2.75, 3.05) is 13.2 Å². The minimum absolute atomic E-state index is 0.0959. The third-order valence-corrected chi connectivity index (χ3v) is 3.45. The van der Waals surface area contributed by atoms with Crippen LogP contribution in [0.5, 0.6) is 0 Å². The van der Waals surface area contributed by atoms with Gasteiger partial charge < -0.3 is 9.64 Å². The number of amides is 1. The first-order chi connectivity index (χ1) is 9.09. The summed E-state index contributed by atoms with van der Waals surface area (Å²) in [5, 5.41) is 0. The average molecular weight is 265 g/mol. The van der Waals surface area contributed by atoms with Crippen LogP contribution in [0.15, 0.2) is 24.3 Å². The Kier molecular flexibility index (Phi) is 4.53. The van der Waals surface area contributed by atoms with E-state index in [9.17, 15) is 9.18 Å². The Hall–Kier alpha value is -1.42. The monoisotopic (exact) mass is 265 g/mol. The predicted molar refractivity (Wildman–Crippen MR) is 71.5 cm³/mol. The van der Waals surface area contributed by atoms with Crippen LogP contribution in [0.1, 0.15) is 37.0 Å². The van der Waals surface area contributed by atoms with Gasteiger partial charge in [0.2, 0.25) is 0 Å². The second-order valence-corrected chi connectivity index (χ2v) is 5.16. The van der Waals surface area contributed by atoms with Crippen LogP contribution >= 0.6 is 0 Å². The molecule has 0 radical (unpaired) electrons. The fraction of sp³-hybridized carbons (Fsp3) is 0.533. The number of ether oxygens (including phenoxy) is 1. The Morgan fingerprint density at radius 3 is 2.63 bits per heavy atom. The smallest absolute Gasteiger partial charge is 0.254 e. The van der Waals surface area contributed by atoms with E-state index in [2.05, 4.69) is 0 Å². The quantitative estimate of drug-likeness (QED) is 0.841. The Labute approximate surface area is 113 Å². The van der Waals surface area contributed by atoms with Crippen LogP contribution in [0.2, 0.25) is 0 Å². The third kappa shape index (κ3) is 3.32. The molecule has 1 fully saturated rings. The third-order valence-electron chi connectivity index (χ3n) is 3.45. The zero-order valence-electron chi connectivity index (χ0n) is 11.4. The summed E-state index contributed by atoms with van der Waals surface area (Å²) in [6.07, 6.45) is 1.69. The van der Waals surface area contributed by atoms with E-state index in [0.717, 1.165) is 12.8 Å². The van der Waals surface area contributed by atoms with Crippen LogP contribution < -0.4 is 0 Å². The van der Waals surface area contributed by atoms with Gasteiger partial charge in [-0.15, -0.1) is 0 Å². The lowest BCUT2D eigenvalue weighted by molar-refractivity contribution is 0.0205. The summed E-state index contributed by atoms with van der Waals surface area (Å²) in [5.74, 6) is -0.470. The van der Waals surface area contributed by atoms with Crippen molar-refractivity contribution in [2.24, 2.45) is 0 Å². The lowest BCUT2D eigenvalue weighted by Gasteiger charge is -2.37. The highest BCUT2D eigenvalue weighted by Gasteiger charge is 2.28. The molecule has 1 saturated heterocycles. The maximum absolute atomic E-state index is 13.2. The van der Waals surface area contributed by atoms with Crippen molar-refractivity contribution in [3.63, 3.8) is 0 Å². The van der Waals surface area contributed by atoms with Crippen molar-refractivity contribution >= 4 is 5.91 Å². The minimum atomic E-state index is -0.374. The Morgan fingerprint density at radius 2 is 2.05 bits per heavy atom. The van der Waals surface area contributed by atoms with Gasteiger partial charge in [-0.05, 0) is 44.9 Å². The van der Waals surface area contributed by atoms with Crippen molar-refractivity contribution in [1.29, 1.82) is 0 Å². The van der Waals surface area contributed by atoms with Crippen LogP contribution in [0.4, 0.5) is 4.39 Å². The van der Waals surface area contributed by atoms with Crippen LogP contribution in [-0.2, 0) is 4.74 Å². The number of hydrogen-bond acceptors (Lipinski definition) is 2. The highest BCUT2D eigenvalue weighted by molar-refractivity contribution is 5.94. The summed E-state index contributed by atoms with van der Waals surface area (Å²) in [4.78, 5) is 14.4. The van der Waals surface area contributed by atoms with E-state index in [0.29, 0.717) is 18.8 Å². The zero-order chi connectivity index (χ0) is 13.8. The maximum Gasteiger partial charge on any atom is 0.254 e. The molecule has 1 aromatic carbocycles. The van der Waals surface area contributed by atoms with Gasteiger partial charge in [0.25, 0.3) is 5.91 Å². The predicted octanol–water partition coefficient (Wildman–Crippen LogP) is 2.86. The van der Waals surface area contributed by atoms with Gasteiger partial charge in [0.05, 0.1) is 0 Å². The molecular weight excluding hydrogens is 245 g/mol. The molecule has 1 aromatic rings. The van der Waals surface area contributed by atoms with Crippen LogP contribution in [0.25, 0.3) is 0 Å². The molecule has 0 atom stereocenters. The Morgan fingerprint density at radius 1 is 1.37 bits per heavy atom. The molecule has 0 N–H and O–H groups in total. The van der Waals surface area contributed by atoms with Gasteiger partial charge >= 0.3 is 0 Å². The normalized spacial score (nSPS) is 16.6. The van der Waals surface area contributed by atoms with E-state index in [1.54, 1.807) is 12.1 Å². The SMILES string of the molecule is CC(C)N(C(=O)c1cccc(F)c1)C1CCOCC1. The summed E-state index contributed by atoms with van der Waals surface area (Å²) in [6.45, 7) is 5.36. The summed E-state index contributed by atoms with van der Waals surface area (Å²) in [5.41, 5.74) is 0.417. The zero-order valence-corrected chi connectivity index (χ0v) is 11.4. The van der Waals surface area contributed by atoms with Gasteiger partial charge in [-0.3, -0.25) is 4.79 Å². The lowest BCUT2D eigenvalue weighted by Crippen LogP contribution is -2.47. The summed E-state index contributed by atoms with van der Waals surface area (Å²) >= 11 is 0. The average Bonchev–Trinajstić information content (AvgIpc) is 2.39. The number of halogens is 1. The van der Waals surface area contributed by atoms with E-state index >= 15 is 0 Å². The first-order valence-electron chi connectivity index (χ1n) is 6.75. The van der Waals surface area contributed by atoms with E-state index < -0.39 is 0 Å². The number of carbonyl (C=O) groups is 1. The Balaban J connectivity index is 2.21. The van der Waals surface area contributed by atoms with Crippen molar-refractivity contribution in [3.8, 4) is 0 Å². The van der Waals surface area contributed by atoms with Gasteiger partial charge in [-0.1, -0.05) is 6.07 Å². The lowest BCUT2D eigenvalue weighted by atomic mass is 10.0. The number of rotatable bonds is 3. The molecule has 3 nitrogen and oxygen atoms in total. The molecule has 4 heteroatoms. The number of carbonyl (C=O) groups excluding carboxylic acids is 1. The van der Waals surface area contributed by atoms with E-state index in [4.69, 9.17) is 4.74 Å². The number of hydrogen-bond donors (Lipinski definition) is 0. The highest BCUT2D eigenvalue weighted by atomic mass is 19.1. The molecule has 0 bridgehead atoms. The molecule has 0 spiro atoms. The molecule has 1 aliphatic rings. The van der Waals surface area contributed by atoms with Crippen LogP contribution in [-0.4, -0.2) is 36.1 Å². The highest BCUT2D eigenvalue weighted by Crippen LogP contribution is 2.20. The van der Waals surface area contributed by atoms with Crippen molar-refractivity contribution < 1.29 is 13.9 Å². The largest absolute Gasteiger partial charge is 0.381 e. The first-order valence-corrected chi connectivity index (χ1v) is 6.75. The molecule has 0 saturated carbocycles. The fourth-order valence-corrected chi connectivity index (χ4v) is 2.56. The standard InChI is InChI=1S/C15H20FNO2/c1-11(2)17(14-6-8-19-9-7-14)15(18)12-4-3-5-13(16)10-12/h3-5,10-11,14H,6-9H2,1-2H3. The van der Waals surface area contributed by atoms with Gasteiger partial charge in [-0.25, -0.2) is 4.39 Å². The molecule has 104 valence electrons. The molecule has 0 aliphatic carbocycles. The van der Waals surface area contributed by atoms with E-state index in [-0.39, 0.29) is 23.8 Å². The number of benzene rings is 1. The molecule has 0 unspecified atom stereocenters. The van der Waals surface area contributed by atoms with Gasteiger partial charge in [0.15, 0.2) is 0 Å². The maximum atomic E-state index is 13.2. The molecule has 0 aromatic heterocycles. The van der Waals surface area contributed by atoms with E-state index in [1.165, 1.54) is 12.1 Å². The second kappa shape index (κ2) is 6.15. The van der Waals surface area contributed by atoms with Gasteiger partial charge in [0, 0.05) is 30.9 Å².